The molecule has 5 nitrogen and oxygen atoms in total. The van der Waals surface area contributed by atoms with E-state index in [4.69, 9.17) is 9.47 Å². The van der Waals surface area contributed by atoms with Crippen molar-refractivity contribution >= 4 is 11.7 Å². The maximum Gasteiger partial charge on any atom is 0.258 e. The number of carbonyl (C=O) groups is 2. The van der Waals surface area contributed by atoms with Gasteiger partial charge in [-0.15, -0.1) is 0 Å². The molecule has 0 radical (unpaired) electrons. The van der Waals surface area contributed by atoms with Gasteiger partial charge < -0.3 is 14.8 Å². The predicted octanol–water partition coefficient (Wildman–Crippen LogP) is 4.18. The van der Waals surface area contributed by atoms with Crippen molar-refractivity contribution in [3.63, 3.8) is 0 Å². The minimum Gasteiger partial charge on any atom is -0.496 e. The van der Waals surface area contributed by atoms with E-state index in [-0.39, 0.29) is 24.3 Å². The molecule has 5 heteroatoms. The third-order valence-electron chi connectivity index (χ3n) is 4.51. The van der Waals surface area contributed by atoms with Gasteiger partial charge in [-0.3, -0.25) is 9.59 Å². The molecule has 3 aromatic rings. The Morgan fingerprint density at radius 2 is 1.48 bits per heavy atom. The van der Waals surface area contributed by atoms with E-state index in [0.29, 0.717) is 16.9 Å². The monoisotopic (exact) mass is 389 g/mol. The molecule has 148 valence electrons. The van der Waals surface area contributed by atoms with E-state index in [0.717, 1.165) is 11.3 Å². The molecule has 3 aromatic carbocycles. The molecular weight excluding hydrogens is 366 g/mol. The number of benzene rings is 3. The van der Waals surface area contributed by atoms with Crippen LogP contribution in [0.25, 0.3) is 0 Å². The summed E-state index contributed by atoms with van der Waals surface area (Å²) in [7, 11) is 1.60. The summed E-state index contributed by atoms with van der Waals surface area (Å²) in [5.74, 6) is 0.947. The lowest BCUT2D eigenvalue weighted by Gasteiger charge is -2.17. The van der Waals surface area contributed by atoms with E-state index in [1.807, 2.05) is 49.4 Å². The van der Waals surface area contributed by atoms with Crippen LogP contribution in [0.15, 0.2) is 78.9 Å². The van der Waals surface area contributed by atoms with Crippen molar-refractivity contribution in [3.05, 3.63) is 95.6 Å². The van der Waals surface area contributed by atoms with E-state index in [9.17, 15) is 9.59 Å². The number of hydrogen-bond acceptors (Lipinski definition) is 4. The van der Waals surface area contributed by atoms with Crippen LogP contribution in [0.4, 0.5) is 0 Å². The van der Waals surface area contributed by atoms with Gasteiger partial charge in [0.2, 0.25) is 0 Å². The summed E-state index contributed by atoms with van der Waals surface area (Å²) in [5.41, 5.74) is 2.09. The Labute approximate surface area is 170 Å². The maximum absolute atomic E-state index is 12.4. The Morgan fingerprint density at radius 3 is 2.17 bits per heavy atom. The van der Waals surface area contributed by atoms with Gasteiger partial charge in [-0.1, -0.05) is 48.5 Å². The highest BCUT2D eigenvalue weighted by atomic mass is 16.5. The number of nitrogens with one attached hydrogen (secondary N) is 1. The minimum absolute atomic E-state index is 0.0551. The van der Waals surface area contributed by atoms with Gasteiger partial charge in [0, 0.05) is 16.7 Å². The average molecular weight is 389 g/mol. The number of methoxy groups -OCH3 is 1. The molecular formula is C24H23NO4. The molecule has 0 spiro atoms. The van der Waals surface area contributed by atoms with Crippen LogP contribution in [0.2, 0.25) is 0 Å². The van der Waals surface area contributed by atoms with Gasteiger partial charge in [0.25, 0.3) is 5.91 Å². The lowest BCUT2D eigenvalue weighted by atomic mass is 10.0. The molecule has 1 N–H and O–H groups in total. The standard InChI is InChI=1S/C24H23NO4/c1-17(21-10-6-7-11-22(21)28-2)25-23(26)16-29-20-14-12-19(13-15-20)24(27)18-8-4-3-5-9-18/h3-15,17H,16H2,1-2H3,(H,25,26)/t17-/m1/s1. The van der Waals surface area contributed by atoms with Crippen LogP contribution in [0, 0.1) is 0 Å². The Hall–Kier alpha value is -3.60. The number of ketones is 1. The van der Waals surface area contributed by atoms with Crippen molar-refractivity contribution in [1.82, 2.24) is 5.32 Å². The van der Waals surface area contributed by atoms with E-state index >= 15 is 0 Å². The van der Waals surface area contributed by atoms with Crippen molar-refractivity contribution in [2.24, 2.45) is 0 Å². The fourth-order valence-electron chi connectivity index (χ4n) is 2.99. The molecule has 1 amide bonds. The van der Waals surface area contributed by atoms with Crippen LogP contribution in [0.3, 0.4) is 0 Å². The Balaban J connectivity index is 1.54. The summed E-state index contributed by atoms with van der Waals surface area (Å²) in [6.45, 7) is 1.77. The second-order valence-corrected chi connectivity index (χ2v) is 6.54. The average Bonchev–Trinajstić information content (AvgIpc) is 2.78. The quantitative estimate of drug-likeness (QED) is 0.587. The molecule has 1 atom stereocenters. The number of amides is 1. The van der Waals surface area contributed by atoms with E-state index in [2.05, 4.69) is 5.32 Å². The molecule has 0 unspecified atom stereocenters. The zero-order valence-corrected chi connectivity index (χ0v) is 16.4. The Kier molecular flexibility index (Phi) is 6.63. The molecule has 0 aliphatic rings. The first kappa shape index (κ1) is 20.1. The highest BCUT2D eigenvalue weighted by Gasteiger charge is 2.14. The van der Waals surface area contributed by atoms with Gasteiger partial charge in [0.15, 0.2) is 12.4 Å². The molecule has 0 aliphatic heterocycles. The summed E-state index contributed by atoms with van der Waals surface area (Å²) in [6.07, 6.45) is 0. The zero-order valence-electron chi connectivity index (χ0n) is 16.4. The second kappa shape index (κ2) is 9.55. The number of carbonyl (C=O) groups excluding carboxylic acids is 2. The molecule has 0 bridgehead atoms. The van der Waals surface area contributed by atoms with Crippen LogP contribution in [0.5, 0.6) is 11.5 Å². The van der Waals surface area contributed by atoms with Crippen molar-refractivity contribution in [3.8, 4) is 11.5 Å². The first-order valence-corrected chi connectivity index (χ1v) is 9.33. The molecule has 0 aromatic heterocycles. The summed E-state index contributed by atoms with van der Waals surface area (Å²) in [6, 6.07) is 23.2. The molecule has 0 fully saturated rings. The molecule has 0 aliphatic carbocycles. The molecule has 0 heterocycles. The molecule has 0 saturated carbocycles. The van der Waals surface area contributed by atoms with E-state index in [1.54, 1.807) is 43.5 Å². The van der Waals surface area contributed by atoms with Gasteiger partial charge in [-0.25, -0.2) is 0 Å². The molecule has 3 rings (SSSR count). The van der Waals surface area contributed by atoms with Crippen molar-refractivity contribution < 1.29 is 19.1 Å². The second-order valence-electron chi connectivity index (χ2n) is 6.54. The number of hydrogen-bond donors (Lipinski definition) is 1. The third kappa shape index (κ3) is 5.23. The van der Waals surface area contributed by atoms with Gasteiger partial charge >= 0.3 is 0 Å². The van der Waals surface area contributed by atoms with Crippen molar-refractivity contribution in [1.29, 1.82) is 0 Å². The van der Waals surface area contributed by atoms with Gasteiger partial charge in [-0.05, 0) is 37.3 Å². The number of para-hydroxylation sites is 1. The van der Waals surface area contributed by atoms with Crippen molar-refractivity contribution in [2.45, 2.75) is 13.0 Å². The SMILES string of the molecule is COc1ccccc1[C@@H](C)NC(=O)COc1ccc(C(=O)c2ccccc2)cc1. The van der Waals surface area contributed by atoms with Crippen LogP contribution < -0.4 is 14.8 Å². The normalized spacial score (nSPS) is 11.4. The summed E-state index contributed by atoms with van der Waals surface area (Å²) in [4.78, 5) is 24.6. The predicted molar refractivity (Wildman–Crippen MR) is 111 cm³/mol. The zero-order chi connectivity index (χ0) is 20.6. The fraction of sp³-hybridized carbons (Fsp3) is 0.167. The summed E-state index contributed by atoms with van der Waals surface area (Å²) < 4.78 is 10.9. The van der Waals surface area contributed by atoms with Gasteiger partial charge in [0.05, 0.1) is 13.2 Å². The lowest BCUT2D eigenvalue weighted by Crippen LogP contribution is -2.31. The van der Waals surface area contributed by atoms with Gasteiger partial charge in [-0.2, -0.15) is 0 Å². The largest absolute Gasteiger partial charge is 0.496 e. The van der Waals surface area contributed by atoms with E-state index in [1.165, 1.54) is 0 Å². The van der Waals surface area contributed by atoms with E-state index < -0.39 is 0 Å². The van der Waals surface area contributed by atoms with Gasteiger partial charge in [0.1, 0.15) is 11.5 Å². The smallest absolute Gasteiger partial charge is 0.258 e. The first-order chi connectivity index (χ1) is 14.1. The lowest BCUT2D eigenvalue weighted by molar-refractivity contribution is -0.123. The van der Waals surface area contributed by atoms with Crippen LogP contribution in [0.1, 0.15) is 34.5 Å². The van der Waals surface area contributed by atoms with Crippen LogP contribution in [-0.4, -0.2) is 25.4 Å². The Morgan fingerprint density at radius 1 is 0.862 bits per heavy atom. The molecule has 0 saturated heterocycles. The summed E-state index contributed by atoms with van der Waals surface area (Å²) >= 11 is 0. The Bertz CT molecular complexity index is 968. The van der Waals surface area contributed by atoms with Crippen molar-refractivity contribution in [2.75, 3.05) is 13.7 Å². The fourth-order valence-corrected chi connectivity index (χ4v) is 2.99. The maximum atomic E-state index is 12.4. The highest BCUT2D eigenvalue weighted by Crippen LogP contribution is 2.24. The highest BCUT2D eigenvalue weighted by molar-refractivity contribution is 6.08. The minimum atomic E-state index is -0.243. The third-order valence-corrected chi connectivity index (χ3v) is 4.51. The number of rotatable bonds is 8. The topological polar surface area (TPSA) is 64.6 Å². The number of ether oxygens (including phenoxy) is 2. The first-order valence-electron chi connectivity index (χ1n) is 9.33. The summed E-state index contributed by atoms with van der Waals surface area (Å²) in [5, 5.41) is 2.89. The van der Waals surface area contributed by atoms with Crippen LogP contribution in [-0.2, 0) is 4.79 Å². The van der Waals surface area contributed by atoms with Crippen LogP contribution >= 0.6 is 0 Å². The molecule has 29 heavy (non-hydrogen) atoms.